The highest BCUT2D eigenvalue weighted by Gasteiger charge is 2.52. The van der Waals surface area contributed by atoms with Crippen molar-refractivity contribution in [2.24, 2.45) is 17.8 Å². The first kappa shape index (κ1) is 30.9. The lowest BCUT2D eigenvalue weighted by Crippen LogP contribution is -2.55. The molecule has 44 heavy (non-hydrogen) atoms. The largest absolute Gasteiger partial charge is 0.493 e. The van der Waals surface area contributed by atoms with E-state index >= 15 is 0 Å². The topological polar surface area (TPSA) is 125 Å². The van der Waals surface area contributed by atoms with E-state index in [0.717, 1.165) is 24.8 Å². The Morgan fingerprint density at radius 2 is 1.98 bits per heavy atom. The number of carbonyl (C=O) groups is 3. The van der Waals surface area contributed by atoms with Gasteiger partial charge < -0.3 is 29.9 Å². The Labute approximate surface area is 266 Å². The lowest BCUT2D eigenvalue weighted by Gasteiger charge is -2.41. The Balaban J connectivity index is 1.41. The van der Waals surface area contributed by atoms with Crippen LogP contribution in [-0.4, -0.2) is 71.7 Å². The number of aldehydes is 1. The number of halogens is 2. The molecule has 2 aromatic carbocycles. The van der Waals surface area contributed by atoms with E-state index < -0.39 is 30.1 Å². The molecule has 2 amide bonds. The fraction of sp³-hybridized carbons (Fsp3) is 0.485. The summed E-state index contributed by atoms with van der Waals surface area (Å²) in [7, 11) is 1.45. The fourth-order valence-electron chi connectivity index (χ4n) is 7.72. The third-order valence-corrected chi connectivity index (χ3v) is 10.5. The molecule has 6 rings (SSSR count). The van der Waals surface area contributed by atoms with E-state index in [1.165, 1.54) is 19.6 Å². The number of benzene rings is 2. The number of hydrogen-bond donors (Lipinski definition) is 3. The molecule has 0 saturated heterocycles. The van der Waals surface area contributed by atoms with Gasteiger partial charge in [-0.05, 0) is 72.9 Å². The van der Waals surface area contributed by atoms with Crippen LogP contribution in [0.25, 0.3) is 0 Å². The van der Waals surface area contributed by atoms with Gasteiger partial charge in [0.05, 0.1) is 35.7 Å². The Hall–Kier alpha value is -3.11. The lowest BCUT2D eigenvalue weighted by molar-refractivity contribution is -0.139. The molecule has 3 aliphatic carbocycles. The summed E-state index contributed by atoms with van der Waals surface area (Å²) in [5.41, 5.74) is 1.86. The van der Waals surface area contributed by atoms with Gasteiger partial charge in [-0.2, -0.15) is 0 Å². The second-order valence-electron chi connectivity index (χ2n) is 12.3. The van der Waals surface area contributed by atoms with Crippen molar-refractivity contribution in [3.05, 3.63) is 68.7 Å². The summed E-state index contributed by atoms with van der Waals surface area (Å²) in [4.78, 5) is 41.2. The second-order valence-corrected chi connectivity index (χ2v) is 13.1. The lowest BCUT2D eigenvalue weighted by atomic mass is 9.77. The molecule has 1 heterocycles. The number of aliphatic hydroxyl groups excluding tert-OH is 2. The minimum Gasteiger partial charge on any atom is -0.493 e. The Bertz CT molecular complexity index is 1500. The van der Waals surface area contributed by atoms with Gasteiger partial charge in [-0.15, -0.1) is 0 Å². The van der Waals surface area contributed by atoms with E-state index in [0.29, 0.717) is 57.2 Å². The maximum absolute atomic E-state index is 14.2. The first-order chi connectivity index (χ1) is 21.2. The number of aliphatic hydroxyl groups is 2. The first-order valence-electron chi connectivity index (χ1n) is 15.1. The van der Waals surface area contributed by atoms with Crippen molar-refractivity contribution in [1.29, 1.82) is 0 Å². The number of hydrogen-bond acceptors (Lipinski definition) is 7. The number of ether oxygens (including phenoxy) is 2. The molecule has 3 unspecified atom stereocenters. The van der Waals surface area contributed by atoms with Gasteiger partial charge in [-0.1, -0.05) is 35.7 Å². The summed E-state index contributed by atoms with van der Waals surface area (Å²) in [6, 6.07) is 7.41. The number of fused-ring (bicyclic) bond motifs is 5. The summed E-state index contributed by atoms with van der Waals surface area (Å²) in [6.45, 7) is -0.119. The molecule has 0 radical (unpaired) electrons. The van der Waals surface area contributed by atoms with E-state index in [4.69, 9.17) is 32.7 Å². The molecular weight excluding hydrogens is 607 g/mol. The molecule has 9 nitrogen and oxygen atoms in total. The predicted molar refractivity (Wildman–Crippen MR) is 164 cm³/mol. The van der Waals surface area contributed by atoms with Crippen LogP contribution >= 0.6 is 23.2 Å². The summed E-state index contributed by atoms with van der Waals surface area (Å²) in [5.74, 6) is 0.777. The maximum Gasteiger partial charge on any atom is 0.247 e. The van der Waals surface area contributed by atoms with Crippen LogP contribution in [0.4, 0.5) is 0 Å². The quantitative estimate of drug-likeness (QED) is 0.330. The average Bonchev–Trinajstić information content (AvgIpc) is 3.75. The van der Waals surface area contributed by atoms with Gasteiger partial charge >= 0.3 is 0 Å². The van der Waals surface area contributed by atoms with Gasteiger partial charge in [-0.25, -0.2) is 0 Å². The fourth-order valence-corrected chi connectivity index (χ4v) is 8.04. The molecule has 0 aromatic heterocycles. The van der Waals surface area contributed by atoms with Crippen molar-refractivity contribution in [2.45, 2.75) is 62.8 Å². The number of nitrogens with one attached hydrogen (secondary N) is 1. The standard InChI is InChI=1S/C33H36Cl2N2O7/c1-43-27-12-19(16-39)10-22-29-23(33(42)36-6-7-38)14-26(30(41)32(29)44-31(22)27)37(15-18-3-5-24(34)25(35)11-18)28(40)13-21-9-17-2-4-20(21)8-17/h3,5,10-12,14,16-17,20-21,26,29-30,32,38,41H,2,4,6-9,13,15H2,1H3,(H,36,42)/t17?,20?,21?,26-,29+,30+,32+/m1/s1. The highest BCUT2D eigenvalue weighted by molar-refractivity contribution is 6.42. The molecule has 2 saturated carbocycles. The molecule has 2 aromatic rings. The highest BCUT2D eigenvalue weighted by Crippen LogP contribution is 2.52. The minimum atomic E-state index is -1.22. The summed E-state index contributed by atoms with van der Waals surface area (Å²) in [6.07, 6.45) is 5.02. The van der Waals surface area contributed by atoms with Crippen LogP contribution in [0.1, 0.15) is 59.5 Å². The normalized spacial score (nSPS) is 28.0. The van der Waals surface area contributed by atoms with Crippen molar-refractivity contribution in [3.63, 3.8) is 0 Å². The van der Waals surface area contributed by atoms with Crippen LogP contribution in [0.3, 0.4) is 0 Å². The summed E-state index contributed by atoms with van der Waals surface area (Å²) in [5, 5.41) is 24.8. The van der Waals surface area contributed by atoms with Crippen LogP contribution in [0.5, 0.6) is 11.5 Å². The van der Waals surface area contributed by atoms with Crippen molar-refractivity contribution >= 4 is 41.3 Å². The third-order valence-electron chi connectivity index (χ3n) is 9.75. The van der Waals surface area contributed by atoms with Crippen molar-refractivity contribution < 1.29 is 34.1 Å². The highest BCUT2D eigenvalue weighted by atomic mass is 35.5. The number of amides is 2. The molecule has 2 fully saturated rings. The summed E-state index contributed by atoms with van der Waals surface area (Å²) < 4.78 is 11.8. The number of nitrogens with zero attached hydrogens (tertiary/aromatic N) is 1. The van der Waals surface area contributed by atoms with Crippen molar-refractivity contribution in [3.8, 4) is 11.5 Å². The molecular formula is C33H36Cl2N2O7. The SMILES string of the molecule is COc1cc(C=O)cc2c1O[C@@H]1[C@@H](O)[C@H](N(Cc3ccc(Cl)c(Cl)c3)C(=O)CC3CC4CCC3C4)C=C(C(=O)NCCO)[C@H]21. The Morgan fingerprint density at radius 3 is 2.64 bits per heavy atom. The van der Waals surface area contributed by atoms with E-state index in [1.807, 2.05) is 0 Å². The Morgan fingerprint density at radius 1 is 1.16 bits per heavy atom. The first-order valence-corrected chi connectivity index (χ1v) is 15.8. The van der Waals surface area contributed by atoms with Crippen LogP contribution in [-0.2, 0) is 16.1 Å². The molecule has 3 N–H and O–H groups in total. The maximum atomic E-state index is 14.2. The van der Waals surface area contributed by atoms with Crippen LogP contribution in [0.2, 0.25) is 10.0 Å². The minimum absolute atomic E-state index is 0.0162. The molecule has 7 atom stereocenters. The molecule has 0 spiro atoms. The van der Waals surface area contributed by atoms with E-state index in [-0.39, 0.29) is 37.1 Å². The van der Waals surface area contributed by atoms with Gasteiger partial charge in [-0.3, -0.25) is 14.4 Å². The van der Waals surface area contributed by atoms with E-state index in [2.05, 4.69) is 5.32 Å². The second kappa shape index (κ2) is 12.7. The monoisotopic (exact) mass is 642 g/mol. The smallest absolute Gasteiger partial charge is 0.247 e. The predicted octanol–water partition coefficient (Wildman–Crippen LogP) is 4.29. The molecule has 11 heteroatoms. The van der Waals surface area contributed by atoms with Crippen LogP contribution < -0.4 is 14.8 Å². The van der Waals surface area contributed by atoms with Gasteiger partial charge in [0, 0.05) is 36.2 Å². The zero-order valence-corrected chi connectivity index (χ0v) is 25.9. The van der Waals surface area contributed by atoms with Crippen LogP contribution in [0.15, 0.2) is 42.0 Å². The number of methoxy groups -OCH3 is 1. The molecule has 1 aliphatic heterocycles. The average molecular weight is 644 g/mol. The van der Waals surface area contributed by atoms with Crippen LogP contribution in [0, 0.1) is 17.8 Å². The Kier molecular flexibility index (Phi) is 8.93. The molecule has 4 aliphatic rings. The zero-order valence-electron chi connectivity index (χ0n) is 24.4. The molecule has 2 bridgehead atoms. The van der Waals surface area contributed by atoms with E-state index in [9.17, 15) is 24.6 Å². The van der Waals surface area contributed by atoms with Gasteiger partial charge in [0.2, 0.25) is 11.8 Å². The number of carbonyl (C=O) groups excluding carboxylic acids is 3. The van der Waals surface area contributed by atoms with Gasteiger partial charge in [0.25, 0.3) is 0 Å². The number of rotatable bonds is 10. The van der Waals surface area contributed by atoms with Gasteiger partial charge in [0.1, 0.15) is 18.5 Å². The van der Waals surface area contributed by atoms with E-state index in [1.54, 1.807) is 35.2 Å². The molecule has 234 valence electrons. The van der Waals surface area contributed by atoms with Crippen molar-refractivity contribution in [1.82, 2.24) is 10.2 Å². The third kappa shape index (κ3) is 5.71. The van der Waals surface area contributed by atoms with Crippen molar-refractivity contribution in [2.75, 3.05) is 20.3 Å². The zero-order chi connectivity index (χ0) is 31.1. The van der Waals surface area contributed by atoms with Gasteiger partial charge in [0.15, 0.2) is 11.5 Å². The summed E-state index contributed by atoms with van der Waals surface area (Å²) >= 11 is 12.5.